The first kappa shape index (κ1) is 15.2. The number of nitrogens with zero attached hydrogens (tertiary/aromatic N) is 1. The Morgan fingerprint density at radius 3 is 2.42 bits per heavy atom. The summed E-state index contributed by atoms with van der Waals surface area (Å²) in [6.45, 7) is 0. The summed E-state index contributed by atoms with van der Waals surface area (Å²) in [7, 11) is 1.60. The zero-order chi connectivity index (χ0) is 14.6. The Labute approximate surface area is 113 Å². The van der Waals surface area contributed by atoms with Crippen molar-refractivity contribution >= 4 is 15.6 Å². The molecule has 5 nitrogen and oxygen atoms in total. The SMILES string of the molecule is COc1cc(C(=O)C=CN(C)C)ccc1S(C)(=O)=O. The standard InChI is InChI=1S/C13H17NO4S/c1-14(2)8-7-11(15)10-5-6-13(19(4,16)17)12(9-10)18-3/h5-9H,1-4H3. The Balaban J connectivity index is 3.18. The average Bonchev–Trinajstić information content (AvgIpc) is 2.33. The molecule has 19 heavy (non-hydrogen) atoms. The highest BCUT2D eigenvalue weighted by Crippen LogP contribution is 2.25. The van der Waals surface area contributed by atoms with Crippen LogP contribution >= 0.6 is 0 Å². The fraction of sp³-hybridized carbons (Fsp3) is 0.308. The topological polar surface area (TPSA) is 63.7 Å². The van der Waals surface area contributed by atoms with Crippen LogP contribution in [0.4, 0.5) is 0 Å². The Morgan fingerprint density at radius 1 is 1.32 bits per heavy atom. The van der Waals surface area contributed by atoms with E-state index in [0.717, 1.165) is 6.26 Å². The Kier molecular flexibility index (Phi) is 4.72. The predicted octanol–water partition coefficient (Wildman–Crippen LogP) is 1.36. The number of sulfone groups is 1. The molecule has 0 spiro atoms. The molecule has 0 radical (unpaired) electrons. The van der Waals surface area contributed by atoms with Crippen LogP contribution in [0, 0.1) is 0 Å². The zero-order valence-corrected chi connectivity index (χ0v) is 12.2. The first-order valence-corrected chi connectivity index (χ1v) is 7.42. The first-order chi connectivity index (χ1) is 8.75. The van der Waals surface area contributed by atoms with E-state index in [9.17, 15) is 13.2 Å². The van der Waals surface area contributed by atoms with Gasteiger partial charge in [-0.3, -0.25) is 4.79 Å². The predicted molar refractivity (Wildman–Crippen MR) is 73.3 cm³/mol. The third kappa shape index (κ3) is 4.10. The molecule has 1 aromatic rings. The lowest BCUT2D eigenvalue weighted by molar-refractivity contribution is 0.104. The number of hydrogen-bond donors (Lipinski definition) is 0. The maximum Gasteiger partial charge on any atom is 0.187 e. The van der Waals surface area contributed by atoms with Crippen LogP contribution in [-0.2, 0) is 9.84 Å². The van der Waals surface area contributed by atoms with Crippen molar-refractivity contribution in [2.75, 3.05) is 27.5 Å². The van der Waals surface area contributed by atoms with Gasteiger partial charge in [-0.2, -0.15) is 0 Å². The van der Waals surface area contributed by atoms with Crippen LogP contribution in [0.2, 0.25) is 0 Å². The van der Waals surface area contributed by atoms with Crippen molar-refractivity contribution in [3.8, 4) is 5.75 Å². The molecular formula is C13H17NO4S. The molecule has 0 aromatic heterocycles. The van der Waals surface area contributed by atoms with Crippen molar-refractivity contribution < 1.29 is 17.9 Å². The lowest BCUT2D eigenvalue weighted by Gasteiger charge is -2.08. The first-order valence-electron chi connectivity index (χ1n) is 5.52. The number of methoxy groups -OCH3 is 1. The monoisotopic (exact) mass is 283 g/mol. The van der Waals surface area contributed by atoms with E-state index < -0.39 is 9.84 Å². The second-order valence-electron chi connectivity index (χ2n) is 4.28. The number of ether oxygens (including phenoxy) is 1. The quantitative estimate of drug-likeness (QED) is 0.603. The molecule has 6 heteroatoms. The number of carbonyl (C=O) groups is 1. The van der Waals surface area contributed by atoms with E-state index in [4.69, 9.17) is 4.74 Å². The maximum atomic E-state index is 11.9. The van der Waals surface area contributed by atoms with Gasteiger partial charge in [-0.15, -0.1) is 0 Å². The summed E-state index contributed by atoms with van der Waals surface area (Å²) in [4.78, 5) is 13.7. The van der Waals surface area contributed by atoms with Crippen molar-refractivity contribution in [1.82, 2.24) is 4.90 Å². The van der Waals surface area contributed by atoms with E-state index in [1.165, 1.54) is 31.4 Å². The number of rotatable bonds is 5. The van der Waals surface area contributed by atoms with Gasteiger partial charge >= 0.3 is 0 Å². The number of benzene rings is 1. The van der Waals surface area contributed by atoms with Gasteiger partial charge in [0.25, 0.3) is 0 Å². The van der Waals surface area contributed by atoms with Crippen LogP contribution in [0.15, 0.2) is 35.4 Å². The molecular weight excluding hydrogens is 266 g/mol. The van der Waals surface area contributed by atoms with Gasteiger partial charge in [-0.05, 0) is 18.2 Å². The molecule has 0 heterocycles. The fourth-order valence-electron chi connectivity index (χ4n) is 1.44. The highest BCUT2D eigenvalue weighted by molar-refractivity contribution is 7.90. The van der Waals surface area contributed by atoms with Gasteiger partial charge in [-0.1, -0.05) is 0 Å². The molecule has 1 aromatic carbocycles. The molecule has 0 aliphatic rings. The largest absolute Gasteiger partial charge is 0.495 e. The van der Waals surface area contributed by atoms with E-state index in [0.29, 0.717) is 5.56 Å². The summed E-state index contributed by atoms with van der Waals surface area (Å²) in [5, 5.41) is 0. The smallest absolute Gasteiger partial charge is 0.187 e. The van der Waals surface area contributed by atoms with Gasteiger partial charge in [0.2, 0.25) is 0 Å². The molecule has 0 saturated heterocycles. The summed E-state index contributed by atoms with van der Waals surface area (Å²) < 4.78 is 28.1. The second-order valence-corrected chi connectivity index (χ2v) is 6.27. The van der Waals surface area contributed by atoms with E-state index in [1.807, 2.05) is 0 Å². The highest BCUT2D eigenvalue weighted by atomic mass is 32.2. The lowest BCUT2D eigenvalue weighted by atomic mass is 10.1. The second kappa shape index (κ2) is 5.88. The third-order valence-electron chi connectivity index (χ3n) is 2.37. The van der Waals surface area contributed by atoms with Crippen molar-refractivity contribution in [3.63, 3.8) is 0 Å². The average molecular weight is 283 g/mol. The van der Waals surface area contributed by atoms with Crippen LogP contribution in [0.1, 0.15) is 10.4 Å². The molecule has 0 amide bonds. The highest BCUT2D eigenvalue weighted by Gasteiger charge is 2.15. The lowest BCUT2D eigenvalue weighted by Crippen LogP contribution is -2.05. The molecule has 0 unspecified atom stereocenters. The number of hydrogen-bond acceptors (Lipinski definition) is 5. The molecule has 0 atom stereocenters. The van der Waals surface area contributed by atoms with Crippen LogP contribution in [-0.4, -0.2) is 46.6 Å². The Hall–Kier alpha value is -1.82. The summed E-state index contributed by atoms with van der Waals surface area (Å²) in [5.74, 6) is -0.0429. The summed E-state index contributed by atoms with van der Waals surface area (Å²) >= 11 is 0. The van der Waals surface area contributed by atoms with Gasteiger partial charge < -0.3 is 9.64 Å². The Bertz CT molecular complexity index is 603. The molecule has 0 N–H and O–H groups in total. The van der Waals surface area contributed by atoms with Gasteiger partial charge in [0.1, 0.15) is 10.6 Å². The van der Waals surface area contributed by atoms with Gasteiger partial charge in [0.15, 0.2) is 15.6 Å². The zero-order valence-electron chi connectivity index (χ0n) is 11.4. The van der Waals surface area contributed by atoms with Crippen molar-refractivity contribution in [2.45, 2.75) is 4.90 Å². The minimum Gasteiger partial charge on any atom is -0.495 e. The minimum atomic E-state index is -3.38. The van der Waals surface area contributed by atoms with Crippen LogP contribution in [0.25, 0.3) is 0 Å². The number of allylic oxidation sites excluding steroid dienone is 1. The molecule has 104 valence electrons. The van der Waals surface area contributed by atoms with E-state index in [1.54, 1.807) is 25.2 Å². The van der Waals surface area contributed by atoms with E-state index in [2.05, 4.69) is 0 Å². The minimum absolute atomic E-state index is 0.0724. The third-order valence-corrected chi connectivity index (χ3v) is 3.51. The maximum absolute atomic E-state index is 11.9. The van der Waals surface area contributed by atoms with Crippen molar-refractivity contribution in [1.29, 1.82) is 0 Å². The van der Waals surface area contributed by atoms with Gasteiger partial charge in [-0.25, -0.2) is 8.42 Å². The van der Waals surface area contributed by atoms with Crippen LogP contribution < -0.4 is 4.74 Å². The molecule has 1 rings (SSSR count). The Morgan fingerprint density at radius 2 is 1.95 bits per heavy atom. The van der Waals surface area contributed by atoms with Crippen LogP contribution in [0.5, 0.6) is 5.75 Å². The van der Waals surface area contributed by atoms with Crippen molar-refractivity contribution in [2.24, 2.45) is 0 Å². The molecule has 0 aliphatic carbocycles. The molecule has 0 bridgehead atoms. The van der Waals surface area contributed by atoms with Crippen molar-refractivity contribution in [3.05, 3.63) is 36.0 Å². The molecule has 0 aliphatic heterocycles. The number of ketones is 1. The molecule has 0 saturated carbocycles. The fourth-order valence-corrected chi connectivity index (χ4v) is 2.26. The normalized spacial score (nSPS) is 11.6. The summed E-state index contributed by atoms with van der Waals surface area (Å²) in [6.07, 6.45) is 4.13. The van der Waals surface area contributed by atoms with Gasteiger partial charge in [0, 0.05) is 38.2 Å². The number of carbonyl (C=O) groups excluding carboxylic acids is 1. The van der Waals surface area contributed by atoms with E-state index in [-0.39, 0.29) is 16.4 Å². The van der Waals surface area contributed by atoms with Gasteiger partial charge in [0.05, 0.1) is 7.11 Å². The van der Waals surface area contributed by atoms with E-state index >= 15 is 0 Å². The van der Waals surface area contributed by atoms with Crippen LogP contribution in [0.3, 0.4) is 0 Å². The summed E-state index contributed by atoms with van der Waals surface area (Å²) in [6, 6.07) is 4.28. The molecule has 0 fully saturated rings. The summed E-state index contributed by atoms with van der Waals surface area (Å²) in [5.41, 5.74) is 0.377.